The van der Waals surface area contributed by atoms with E-state index in [9.17, 15) is 0 Å². The van der Waals surface area contributed by atoms with Gasteiger partial charge >= 0.3 is 0 Å². The fourth-order valence-electron chi connectivity index (χ4n) is 0.557. The first-order valence-electron chi connectivity index (χ1n) is 2.97. The number of aliphatic hydroxyl groups is 1. The van der Waals surface area contributed by atoms with Gasteiger partial charge in [0.15, 0.2) is 0 Å². The van der Waals surface area contributed by atoms with Gasteiger partial charge in [-0.1, -0.05) is 18.2 Å². The highest BCUT2D eigenvalue weighted by Crippen LogP contribution is 2.11. The molecule has 0 bridgehead atoms. The lowest BCUT2D eigenvalue weighted by Gasteiger charge is -1.89. The largest absolute Gasteiger partial charge is 0.400 e. The Balaban J connectivity index is 0.000000371. The lowest BCUT2D eigenvalue weighted by molar-refractivity contribution is 0.399. The van der Waals surface area contributed by atoms with Gasteiger partial charge in [0.05, 0.1) is 0 Å². The summed E-state index contributed by atoms with van der Waals surface area (Å²) >= 11 is 1.77. The average molecular weight is 156 g/mol. The lowest BCUT2D eigenvalue weighted by atomic mass is 10.4. The van der Waals surface area contributed by atoms with Gasteiger partial charge in [-0.15, -0.1) is 11.8 Å². The predicted octanol–water partition coefficient (Wildman–Crippen LogP) is 2.02. The van der Waals surface area contributed by atoms with Crippen LogP contribution < -0.4 is 0 Å². The molecule has 0 saturated carbocycles. The maximum Gasteiger partial charge on any atom is 0.0319 e. The van der Waals surface area contributed by atoms with Gasteiger partial charge in [0.25, 0.3) is 0 Å². The van der Waals surface area contributed by atoms with Crippen molar-refractivity contribution in [2.24, 2.45) is 0 Å². The van der Waals surface area contributed by atoms with Crippen molar-refractivity contribution in [3.8, 4) is 0 Å². The van der Waals surface area contributed by atoms with E-state index in [2.05, 4.69) is 18.4 Å². The Hall–Kier alpha value is -0.470. The van der Waals surface area contributed by atoms with Crippen molar-refractivity contribution in [2.45, 2.75) is 4.90 Å². The molecule has 0 aliphatic rings. The number of rotatable bonds is 1. The molecule has 0 radical (unpaired) electrons. The molecule has 0 unspecified atom stereocenters. The fourth-order valence-corrected chi connectivity index (χ4v) is 0.986. The molecule has 2 heteroatoms. The maximum atomic E-state index is 7.00. The van der Waals surface area contributed by atoms with Crippen LogP contribution in [0.15, 0.2) is 35.2 Å². The van der Waals surface area contributed by atoms with Crippen molar-refractivity contribution in [1.29, 1.82) is 0 Å². The molecular weight excluding hydrogens is 144 g/mol. The topological polar surface area (TPSA) is 20.2 Å². The summed E-state index contributed by atoms with van der Waals surface area (Å²) in [5.41, 5.74) is 0. The minimum atomic E-state index is 1.00. The summed E-state index contributed by atoms with van der Waals surface area (Å²) in [4.78, 5) is 1.33. The van der Waals surface area contributed by atoms with E-state index in [0.717, 1.165) is 7.11 Å². The molecule has 0 heterocycles. The van der Waals surface area contributed by atoms with Crippen molar-refractivity contribution in [3.63, 3.8) is 0 Å². The quantitative estimate of drug-likeness (QED) is 0.628. The van der Waals surface area contributed by atoms with Crippen LogP contribution in [-0.4, -0.2) is 18.5 Å². The first-order chi connectivity index (χ1) is 4.93. The van der Waals surface area contributed by atoms with Crippen LogP contribution in [0, 0.1) is 0 Å². The SMILES string of the molecule is CO.CSc1ccccc1. The molecule has 1 aromatic rings. The minimum Gasteiger partial charge on any atom is -0.400 e. The molecular formula is C8H12OS. The minimum absolute atomic E-state index is 1.00. The number of benzene rings is 1. The smallest absolute Gasteiger partial charge is 0.0319 e. The molecule has 1 nitrogen and oxygen atoms in total. The van der Waals surface area contributed by atoms with Gasteiger partial charge < -0.3 is 5.11 Å². The predicted molar refractivity (Wildman–Crippen MR) is 46.4 cm³/mol. The zero-order valence-electron chi connectivity index (χ0n) is 6.24. The first-order valence-corrected chi connectivity index (χ1v) is 4.20. The molecule has 0 spiro atoms. The third kappa shape index (κ3) is 3.54. The highest BCUT2D eigenvalue weighted by Gasteiger charge is 1.80. The molecule has 56 valence electrons. The van der Waals surface area contributed by atoms with E-state index in [1.165, 1.54) is 4.90 Å². The van der Waals surface area contributed by atoms with Crippen LogP contribution in [0.3, 0.4) is 0 Å². The normalized spacial score (nSPS) is 7.90. The Morgan fingerprint density at radius 1 is 1.10 bits per heavy atom. The van der Waals surface area contributed by atoms with E-state index >= 15 is 0 Å². The molecule has 0 aliphatic heterocycles. The summed E-state index contributed by atoms with van der Waals surface area (Å²) in [5, 5.41) is 7.00. The Bertz CT molecular complexity index is 151. The van der Waals surface area contributed by atoms with Gasteiger partial charge in [0.2, 0.25) is 0 Å². The highest BCUT2D eigenvalue weighted by atomic mass is 32.2. The molecule has 1 N–H and O–H groups in total. The molecule has 0 atom stereocenters. The summed E-state index contributed by atoms with van der Waals surface area (Å²) in [7, 11) is 1.00. The van der Waals surface area contributed by atoms with Crippen LogP contribution in [0.4, 0.5) is 0 Å². The van der Waals surface area contributed by atoms with Gasteiger partial charge in [-0.3, -0.25) is 0 Å². The molecule has 1 rings (SSSR count). The molecule has 0 aliphatic carbocycles. The Morgan fingerprint density at radius 2 is 1.60 bits per heavy atom. The Labute approximate surface area is 66.1 Å². The molecule has 1 aromatic carbocycles. The standard InChI is InChI=1S/C7H8S.CH4O/c1-8-7-5-3-2-4-6-7;1-2/h2-6H,1H3;2H,1H3. The Kier molecular flexibility index (Phi) is 6.33. The maximum absolute atomic E-state index is 7.00. The van der Waals surface area contributed by atoms with Crippen LogP contribution in [0.1, 0.15) is 0 Å². The van der Waals surface area contributed by atoms with Crippen molar-refractivity contribution in [2.75, 3.05) is 13.4 Å². The van der Waals surface area contributed by atoms with E-state index in [0.29, 0.717) is 0 Å². The van der Waals surface area contributed by atoms with Crippen LogP contribution in [0.5, 0.6) is 0 Å². The van der Waals surface area contributed by atoms with Crippen molar-refractivity contribution >= 4 is 11.8 Å². The van der Waals surface area contributed by atoms with Crippen LogP contribution >= 0.6 is 11.8 Å². The zero-order valence-corrected chi connectivity index (χ0v) is 7.06. The van der Waals surface area contributed by atoms with E-state index in [4.69, 9.17) is 5.11 Å². The molecule has 0 aromatic heterocycles. The number of aliphatic hydroxyl groups excluding tert-OH is 1. The third-order valence-corrected chi connectivity index (χ3v) is 1.72. The van der Waals surface area contributed by atoms with E-state index in [1.807, 2.05) is 18.2 Å². The molecule has 0 amide bonds. The monoisotopic (exact) mass is 156 g/mol. The van der Waals surface area contributed by atoms with Crippen LogP contribution in [0.2, 0.25) is 0 Å². The van der Waals surface area contributed by atoms with Crippen molar-refractivity contribution in [1.82, 2.24) is 0 Å². The van der Waals surface area contributed by atoms with E-state index in [1.54, 1.807) is 11.8 Å². The fraction of sp³-hybridized carbons (Fsp3) is 0.250. The van der Waals surface area contributed by atoms with Crippen LogP contribution in [-0.2, 0) is 0 Å². The van der Waals surface area contributed by atoms with Gasteiger partial charge in [0, 0.05) is 12.0 Å². The number of thioether (sulfide) groups is 1. The zero-order chi connectivity index (χ0) is 7.82. The Morgan fingerprint density at radius 3 is 1.90 bits per heavy atom. The second kappa shape index (κ2) is 6.65. The van der Waals surface area contributed by atoms with E-state index < -0.39 is 0 Å². The lowest BCUT2D eigenvalue weighted by Crippen LogP contribution is -1.62. The molecule has 10 heavy (non-hydrogen) atoms. The van der Waals surface area contributed by atoms with Gasteiger partial charge in [-0.2, -0.15) is 0 Å². The van der Waals surface area contributed by atoms with Gasteiger partial charge in [-0.05, 0) is 18.4 Å². The summed E-state index contributed by atoms with van der Waals surface area (Å²) in [6.07, 6.45) is 2.08. The molecule has 0 fully saturated rings. The van der Waals surface area contributed by atoms with Gasteiger partial charge in [0.1, 0.15) is 0 Å². The summed E-state index contributed by atoms with van der Waals surface area (Å²) in [5.74, 6) is 0. The van der Waals surface area contributed by atoms with Gasteiger partial charge in [-0.25, -0.2) is 0 Å². The second-order valence-electron chi connectivity index (χ2n) is 1.52. The van der Waals surface area contributed by atoms with Crippen molar-refractivity contribution < 1.29 is 5.11 Å². The third-order valence-electron chi connectivity index (χ3n) is 0.979. The average Bonchev–Trinajstić information content (AvgIpc) is 2.10. The first kappa shape index (κ1) is 9.53. The number of hydrogen-bond acceptors (Lipinski definition) is 2. The summed E-state index contributed by atoms with van der Waals surface area (Å²) in [6, 6.07) is 10.3. The molecule has 0 saturated heterocycles. The van der Waals surface area contributed by atoms with Crippen LogP contribution in [0.25, 0.3) is 0 Å². The summed E-state index contributed by atoms with van der Waals surface area (Å²) < 4.78 is 0. The van der Waals surface area contributed by atoms with Crippen molar-refractivity contribution in [3.05, 3.63) is 30.3 Å². The summed E-state index contributed by atoms with van der Waals surface area (Å²) in [6.45, 7) is 0. The second-order valence-corrected chi connectivity index (χ2v) is 2.40. The highest BCUT2D eigenvalue weighted by molar-refractivity contribution is 7.98. The van der Waals surface area contributed by atoms with E-state index in [-0.39, 0.29) is 0 Å². The number of hydrogen-bond donors (Lipinski definition) is 1.